The summed E-state index contributed by atoms with van der Waals surface area (Å²) in [6, 6.07) is 0. The van der Waals surface area contributed by atoms with Gasteiger partial charge in [-0.05, 0) is 74.8 Å². The van der Waals surface area contributed by atoms with E-state index >= 15 is 0 Å². The molecule has 2 aliphatic rings. The van der Waals surface area contributed by atoms with Crippen molar-refractivity contribution < 1.29 is 0 Å². The topological polar surface area (TPSA) is 3.24 Å². The van der Waals surface area contributed by atoms with Crippen LogP contribution in [0.25, 0.3) is 0 Å². The zero-order valence-electron chi connectivity index (χ0n) is 14.4. The van der Waals surface area contributed by atoms with E-state index in [2.05, 4.69) is 32.6 Å². The van der Waals surface area contributed by atoms with Gasteiger partial charge >= 0.3 is 0 Å². The first-order chi connectivity index (χ1) is 9.54. The molecule has 2 rings (SSSR count). The number of likely N-dealkylation sites (tertiary alicyclic amines) is 1. The summed E-state index contributed by atoms with van der Waals surface area (Å²) in [5, 5.41) is 0. The summed E-state index contributed by atoms with van der Waals surface area (Å²) >= 11 is 0. The van der Waals surface area contributed by atoms with Crippen LogP contribution in [0.2, 0.25) is 0 Å². The third kappa shape index (κ3) is 5.06. The molecule has 118 valence electrons. The quantitative estimate of drug-likeness (QED) is 0.668. The Morgan fingerprint density at radius 1 is 0.800 bits per heavy atom. The Bertz CT molecular complexity index is 255. The number of hydrogen-bond donors (Lipinski definition) is 0. The minimum atomic E-state index is 0.892. The standard InChI is InChI=1S/C19H37N/c1-15(2)13-17-5-7-18(8-6-17)14-20-11-9-19(10-12-20)16(3)4/h15-19H,5-14H2,1-4H3. The maximum Gasteiger partial charge on any atom is 0.000966 e. The Labute approximate surface area is 127 Å². The highest BCUT2D eigenvalue weighted by atomic mass is 15.1. The number of rotatable bonds is 5. The van der Waals surface area contributed by atoms with Crippen molar-refractivity contribution in [2.45, 2.75) is 72.6 Å². The first-order valence-corrected chi connectivity index (χ1v) is 9.27. The van der Waals surface area contributed by atoms with Crippen molar-refractivity contribution in [3.05, 3.63) is 0 Å². The molecule has 20 heavy (non-hydrogen) atoms. The molecule has 0 unspecified atom stereocenters. The van der Waals surface area contributed by atoms with E-state index in [0.717, 1.165) is 29.6 Å². The highest BCUT2D eigenvalue weighted by Gasteiger charge is 2.26. The third-order valence-corrected chi connectivity index (χ3v) is 5.86. The van der Waals surface area contributed by atoms with Crippen LogP contribution in [0.1, 0.15) is 72.6 Å². The van der Waals surface area contributed by atoms with Crippen molar-refractivity contribution in [2.24, 2.45) is 29.6 Å². The molecule has 0 amide bonds. The van der Waals surface area contributed by atoms with Crippen LogP contribution in [-0.4, -0.2) is 24.5 Å². The summed E-state index contributed by atoms with van der Waals surface area (Å²) in [5.41, 5.74) is 0. The fourth-order valence-electron chi connectivity index (χ4n) is 4.48. The normalized spacial score (nSPS) is 30.3. The lowest BCUT2D eigenvalue weighted by molar-refractivity contribution is 0.119. The molecular weight excluding hydrogens is 242 g/mol. The SMILES string of the molecule is CC(C)CC1CCC(CN2CCC(C(C)C)CC2)CC1. The fraction of sp³-hybridized carbons (Fsp3) is 1.00. The first-order valence-electron chi connectivity index (χ1n) is 9.27. The largest absolute Gasteiger partial charge is 0.303 e. The summed E-state index contributed by atoms with van der Waals surface area (Å²) in [5.74, 6) is 4.83. The smallest absolute Gasteiger partial charge is 0.000966 e. The fourth-order valence-corrected chi connectivity index (χ4v) is 4.48. The molecule has 1 heterocycles. The second kappa shape index (κ2) is 7.82. The lowest BCUT2D eigenvalue weighted by Gasteiger charge is -2.37. The summed E-state index contributed by atoms with van der Waals surface area (Å²) < 4.78 is 0. The predicted octanol–water partition coefficient (Wildman–Crippen LogP) is 5.21. The van der Waals surface area contributed by atoms with Gasteiger partial charge in [0.15, 0.2) is 0 Å². The van der Waals surface area contributed by atoms with Crippen LogP contribution >= 0.6 is 0 Å². The maximum absolute atomic E-state index is 2.77. The first kappa shape index (κ1) is 16.3. The van der Waals surface area contributed by atoms with E-state index in [1.54, 1.807) is 0 Å². The van der Waals surface area contributed by atoms with Gasteiger partial charge in [-0.25, -0.2) is 0 Å². The van der Waals surface area contributed by atoms with Crippen LogP contribution in [0.5, 0.6) is 0 Å². The van der Waals surface area contributed by atoms with Crippen LogP contribution in [-0.2, 0) is 0 Å². The lowest BCUT2D eigenvalue weighted by Crippen LogP contribution is -2.39. The molecule has 0 spiro atoms. The molecule has 0 radical (unpaired) electrons. The van der Waals surface area contributed by atoms with Crippen molar-refractivity contribution in [1.82, 2.24) is 4.90 Å². The van der Waals surface area contributed by atoms with Gasteiger partial charge in [-0.2, -0.15) is 0 Å². The van der Waals surface area contributed by atoms with E-state index in [0.29, 0.717) is 0 Å². The summed E-state index contributed by atoms with van der Waals surface area (Å²) in [6.07, 6.45) is 10.4. The zero-order chi connectivity index (χ0) is 14.5. The lowest BCUT2D eigenvalue weighted by atomic mass is 9.78. The van der Waals surface area contributed by atoms with Gasteiger partial charge in [0.1, 0.15) is 0 Å². The van der Waals surface area contributed by atoms with Crippen molar-refractivity contribution in [3.63, 3.8) is 0 Å². The van der Waals surface area contributed by atoms with Gasteiger partial charge in [0.05, 0.1) is 0 Å². The van der Waals surface area contributed by atoms with E-state index in [1.165, 1.54) is 64.6 Å². The number of nitrogens with zero attached hydrogens (tertiary/aromatic N) is 1. The van der Waals surface area contributed by atoms with Gasteiger partial charge in [0.2, 0.25) is 0 Å². The molecule has 1 saturated heterocycles. The number of hydrogen-bond acceptors (Lipinski definition) is 1. The van der Waals surface area contributed by atoms with Gasteiger partial charge in [0, 0.05) is 6.54 Å². The van der Waals surface area contributed by atoms with Crippen molar-refractivity contribution >= 4 is 0 Å². The van der Waals surface area contributed by atoms with Crippen LogP contribution in [0, 0.1) is 29.6 Å². The van der Waals surface area contributed by atoms with E-state index in [9.17, 15) is 0 Å². The van der Waals surface area contributed by atoms with Crippen molar-refractivity contribution in [1.29, 1.82) is 0 Å². The highest BCUT2D eigenvalue weighted by molar-refractivity contribution is 4.79. The summed E-state index contributed by atoms with van der Waals surface area (Å²) in [4.78, 5) is 2.77. The van der Waals surface area contributed by atoms with Gasteiger partial charge in [-0.15, -0.1) is 0 Å². The van der Waals surface area contributed by atoms with Crippen LogP contribution in [0.4, 0.5) is 0 Å². The minimum Gasteiger partial charge on any atom is -0.303 e. The van der Waals surface area contributed by atoms with Gasteiger partial charge in [-0.3, -0.25) is 0 Å². The Kier molecular flexibility index (Phi) is 6.39. The van der Waals surface area contributed by atoms with E-state index in [4.69, 9.17) is 0 Å². The third-order valence-electron chi connectivity index (χ3n) is 5.86. The van der Waals surface area contributed by atoms with E-state index in [-0.39, 0.29) is 0 Å². The molecule has 0 atom stereocenters. The van der Waals surface area contributed by atoms with Gasteiger partial charge < -0.3 is 4.90 Å². The van der Waals surface area contributed by atoms with Crippen LogP contribution in [0.3, 0.4) is 0 Å². The van der Waals surface area contributed by atoms with Crippen molar-refractivity contribution in [3.8, 4) is 0 Å². The Morgan fingerprint density at radius 2 is 1.35 bits per heavy atom. The molecule has 1 heteroatoms. The molecule has 0 bridgehead atoms. The molecule has 0 aromatic carbocycles. The zero-order valence-corrected chi connectivity index (χ0v) is 14.4. The molecule has 1 aliphatic heterocycles. The molecular formula is C19H37N. The minimum absolute atomic E-state index is 0.892. The van der Waals surface area contributed by atoms with Crippen molar-refractivity contribution in [2.75, 3.05) is 19.6 Å². The Morgan fingerprint density at radius 3 is 1.85 bits per heavy atom. The van der Waals surface area contributed by atoms with Gasteiger partial charge in [0.25, 0.3) is 0 Å². The monoisotopic (exact) mass is 279 g/mol. The summed E-state index contributed by atoms with van der Waals surface area (Å²) in [6.45, 7) is 13.7. The highest BCUT2D eigenvalue weighted by Crippen LogP contribution is 2.34. The van der Waals surface area contributed by atoms with E-state index in [1.807, 2.05) is 0 Å². The molecule has 0 aromatic heterocycles. The average molecular weight is 280 g/mol. The predicted molar refractivity (Wildman–Crippen MR) is 88.9 cm³/mol. The maximum atomic E-state index is 2.77. The van der Waals surface area contributed by atoms with Crippen LogP contribution in [0.15, 0.2) is 0 Å². The Hall–Kier alpha value is -0.0400. The average Bonchev–Trinajstić information content (AvgIpc) is 2.41. The second-order valence-electron chi connectivity index (χ2n) is 8.40. The summed E-state index contributed by atoms with van der Waals surface area (Å²) in [7, 11) is 0. The van der Waals surface area contributed by atoms with E-state index < -0.39 is 0 Å². The molecule has 1 aliphatic carbocycles. The van der Waals surface area contributed by atoms with Gasteiger partial charge in [-0.1, -0.05) is 40.5 Å². The molecule has 2 fully saturated rings. The molecule has 0 aromatic rings. The molecule has 1 nitrogen and oxygen atoms in total. The van der Waals surface area contributed by atoms with Crippen LogP contribution < -0.4 is 0 Å². The Balaban J connectivity index is 1.64. The molecule has 1 saturated carbocycles. The number of piperidine rings is 1. The second-order valence-corrected chi connectivity index (χ2v) is 8.40. The molecule has 0 N–H and O–H groups in total.